The maximum Gasteiger partial charge on any atom is 0.407 e. The molecule has 24 heavy (non-hydrogen) atoms. The first kappa shape index (κ1) is 19.8. The summed E-state index contributed by atoms with van der Waals surface area (Å²) >= 11 is 0. The number of ether oxygens (including phenoxy) is 1. The third-order valence-corrected chi connectivity index (χ3v) is 3.04. The van der Waals surface area contributed by atoms with Crippen molar-refractivity contribution in [1.29, 1.82) is 0 Å². The van der Waals surface area contributed by atoms with Crippen LogP contribution in [0.3, 0.4) is 0 Å². The van der Waals surface area contributed by atoms with Crippen molar-refractivity contribution in [2.24, 2.45) is 0 Å². The van der Waals surface area contributed by atoms with Gasteiger partial charge in [-0.15, -0.1) is 0 Å². The highest BCUT2D eigenvalue weighted by Gasteiger charge is 2.51. The van der Waals surface area contributed by atoms with Gasteiger partial charge in [-0.2, -0.15) is 8.78 Å². The van der Waals surface area contributed by atoms with Crippen molar-refractivity contribution < 1.29 is 33.3 Å². The molecule has 0 aliphatic carbocycles. The summed E-state index contributed by atoms with van der Waals surface area (Å²) in [5.41, 5.74) is -0.333. The van der Waals surface area contributed by atoms with Crippen molar-refractivity contribution in [2.45, 2.75) is 50.9 Å². The van der Waals surface area contributed by atoms with Crippen molar-refractivity contribution >= 4 is 12.1 Å². The number of amides is 1. The molecule has 6 nitrogen and oxygen atoms in total. The lowest BCUT2D eigenvalue weighted by Gasteiger charge is -2.29. The SMILES string of the molecule is CC(C)(C)OC(=O)NC(Cc1ccccc1)C(O)C(F)(F)C(=O)O. The van der Waals surface area contributed by atoms with E-state index in [4.69, 9.17) is 9.84 Å². The lowest BCUT2D eigenvalue weighted by Crippen LogP contribution is -2.56. The van der Waals surface area contributed by atoms with Gasteiger partial charge in [-0.25, -0.2) is 9.59 Å². The first-order valence-corrected chi connectivity index (χ1v) is 7.26. The standard InChI is InChI=1S/C16H21F2NO5/c1-15(2,3)24-14(23)19-11(9-10-7-5-4-6-8-10)12(20)16(17,18)13(21)22/h4-8,11-12,20H,9H2,1-3H3,(H,19,23)(H,21,22). The van der Waals surface area contributed by atoms with Gasteiger partial charge in [-0.1, -0.05) is 30.3 Å². The van der Waals surface area contributed by atoms with Gasteiger partial charge in [0.15, 0.2) is 0 Å². The van der Waals surface area contributed by atoms with E-state index < -0.39 is 35.7 Å². The van der Waals surface area contributed by atoms with E-state index in [0.29, 0.717) is 5.56 Å². The van der Waals surface area contributed by atoms with E-state index in [1.54, 1.807) is 51.1 Å². The van der Waals surface area contributed by atoms with Crippen LogP contribution in [0.15, 0.2) is 30.3 Å². The van der Waals surface area contributed by atoms with E-state index in [1.807, 2.05) is 0 Å². The molecular weight excluding hydrogens is 324 g/mol. The van der Waals surface area contributed by atoms with Gasteiger partial charge >= 0.3 is 18.0 Å². The number of carbonyl (C=O) groups is 2. The highest BCUT2D eigenvalue weighted by Crippen LogP contribution is 2.23. The summed E-state index contributed by atoms with van der Waals surface area (Å²) in [4.78, 5) is 22.5. The molecule has 1 aromatic carbocycles. The summed E-state index contributed by atoms with van der Waals surface area (Å²) in [6.07, 6.45) is -3.84. The Morgan fingerprint density at radius 3 is 2.21 bits per heavy atom. The summed E-state index contributed by atoms with van der Waals surface area (Å²) < 4.78 is 32.3. The second-order valence-electron chi connectivity index (χ2n) is 6.32. The number of hydrogen-bond acceptors (Lipinski definition) is 4. The van der Waals surface area contributed by atoms with Crippen LogP contribution in [0.4, 0.5) is 13.6 Å². The Morgan fingerprint density at radius 1 is 1.21 bits per heavy atom. The number of aliphatic hydroxyl groups excluding tert-OH is 1. The molecule has 1 rings (SSSR count). The molecule has 0 bridgehead atoms. The quantitative estimate of drug-likeness (QED) is 0.735. The zero-order valence-electron chi connectivity index (χ0n) is 13.6. The molecule has 0 heterocycles. The third kappa shape index (κ3) is 5.77. The van der Waals surface area contributed by atoms with Crippen molar-refractivity contribution in [1.82, 2.24) is 5.32 Å². The Labute approximate surface area is 138 Å². The predicted molar refractivity (Wildman–Crippen MR) is 81.9 cm³/mol. The smallest absolute Gasteiger partial charge is 0.407 e. The number of carboxylic acid groups (broad SMARTS) is 1. The molecule has 8 heteroatoms. The number of nitrogens with one attached hydrogen (secondary N) is 1. The number of halogens is 2. The van der Waals surface area contributed by atoms with Gasteiger partial charge in [-0.05, 0) is 32.8 Å². The van der Waals surface area contributed by atoms with Crippen LogP contribution in [0.25, 0.3) is 0 Å². The van der Waals surface area contributed by atoms with Gasteiger partial charge in [0.05, 0.1) is 6.04 Å². The first-order chi connectivity index (χ1) is 10.9. The number of carbonyl (C=O) groups excluding carboxylic acids is 1. The van der Waals surface area contributed by atoms with E-state index in [9.17, 15) is 23.5 Å². The minimum absolute atomic E-state index is 0.190. The van der Waals surface area contributed by atoms with Gasteiger partial charge in [0.2, 0.25) is 0 Å². The van der Waals surface area contributed by atoms with Crippen LogP contribution >= 0.6 is 0 Å². The number of alkyl halides is 2. The van der Waals surface area contributed by atoms with E-state index in [-0.39, 0.29) is 6.42 Å². The average molecular weight is 345 g/mol. The molecule has 2 atom stereocenters. The molecule has 0 saturated heterocycles. The van der Waals surface area contributed by atoms with Crippen LogP contribution in [0.5, 0.6) is 0 Å². The molecule has 0 saturated carbocycles. The summed E-state index contributed by atoms with van der Waals surface area (Å²) in [5, 5.41) is 20.5. The number of benzene rings is 1. The largest absolute Gasteiger partial charge is 0.477 e. The number of alkyl carbamates (subject to hydrolysis) is 1. The van der Waals surface area contributed by atoms with Crippen LogP contribution < -0.4 is 5.32 Å². The van der Waals surface area contributed by atoms with Crippen LogP contribution in [-0.2, 0) is 16.0 Å². The number of carboxylic acids is 1. The fourth-order valence-corrected chi connectivity index (χ4v) is 1.95. The topological polar surface area (TPSA) is 95.9 Å². The summed E-state index contributed by atoms with van der Waals surface area (Å²) in [6.45, 7) is 4.75. The number of rotatable bonds is 6. The molecule has 3 N–H and O–H groups in total. The fraction of sp³-hybridized carbons (Fsp3) is 0.500. The number of aliphatic hydroxyl groups is 1. The van der Waals surface area contributed by atoms with Gasteiger partial charge in [0, 0.05) is 0 Å². The summed E-state index contributed by atoms with van der Waals surface area (Å²) in [5.74, 6) is -6.90. The summed E-state index contributed by atoms with van der Waals surface area (Å²) in [7, 11) is 0. The Hall–Kier alpha value is -2.22. The van der Waals surface area contributed by atoms with Gasteiger partial charge in [-0.3, -0.25) is 0 Å². The summed E-state index contributed by atoms with van der Waals surface area (Å²) in [6, 6.07) is 6.68. The maximum absolute atomic E-state index is 13.6. The molecule has 2 unspecified atom stereocenters. The number of hydrogen-bond donors (Lipinski definition) is 3. The second kappa shape index (κ2) is 7.57. The fourth-order valence-electron chi connectivity index (χ4n) is 1.95. The minimum atomic E-state index is -4.42. The normalized spacial score (nSPS) is 14.6. The van der Waals surface area contributed by atoms with Crippen LogP contribution in [-0.4, -0.2) is 45.9 Å². The van der Waals surface area contributed by atoms with E-state index in [1.165, 1.54) is 0 Å². The van der Waals surface area contributed by atoms with Crippen molar-refractivity contribution in [3.8, 4) is 0 Å². The van der Waals surface area contributed by atoms with E-state index in [0.717, 1.165) is 0 Å². The minimum Gasteiger partial charge on any atom is -0.477 e. The molecule has 134 valence electrons. The molecule has 0 aliphatic rings. The van der Waals surface area contributed by atoms with Crippen LogP contribution in [0.1, 0.15) is 26.3 Å². The lowest BCUT2D eigenvalue weighted by atomic mass is 9.97. The zero-order chi connectivity index (χ0) is 18.5. The van der Waals surface area contributed by atoms with E-state index in [2.05, 4.69) is 5.32 Å². The Bertz CT molecular complexity index is 572. The highest BCUT2D eigenvalue weighted by molar-refractivity contribution is 5.76. The monoisotopic (exact) mass is 345 g/mol. The molecular formula is C16H21F2NO5. The molecule has 1 amide bonds. The van der Waals surface area contributed by atoms with Gasteiger partial charge in [0.1, 0.15) is 11.7 Å². The van der Waals surface area contributed by atoms with Gasteiger partial charge in [0.25, 0.3) is 0 Å². The van der Waals surface area contributed by atoms with E-state index >= 15 is 0 Å². The van der Waals surface area contributed by atoms with Crippen molar-refractivity contribution in [3.63, 3.8) is 0 Å². The molecule has 0 fully saturated rings. The maximum atomic E-state index is 13.6. The van der Waals surface area contributed by atoms with Crippen LogP contribution in [0, 0.1) is 0 Å². The molecule has 0 spiro atoms. The van der Waals surface area contributed by atoms with Crippen molar-refractivity contribution in [2.75, 3.05) is 0 Å². The van der Waals surface area contributed by atoms with Gasteiger partial charge < -0.3 is 20.3 Å². The lowest BCUT2D eigenvalue weighted by molar-refractivity contribution is -0.185. The molecule has 0 radical (unpaired) electrons. The zero-order valence-corrected chi connectivity index (χ0v) is 13.6. The predicted octanol–water partition coefficient (Wildman–Crippen LogP) is 2.20. The number of aliphatic carboxylic acids is 1. The molecule has 0 aromatic heterocycles. The first-order valence-electron chi connectivity index (χ1n) is 7.26. The molecule has 0 aliphatic heterocycles. The van der Waals surface area contributed by atoms with Crippen LogP contribution in [0.2, 0.25) is 0 Å². The third-order valence-electron chi connectivity index (χ3n) is 3.04. The highest BCUT2D eigenvalue weighted by atomic mass is 19.3. The second-order valence-corrected chi connectivity index (χ2v) is 6.32. The Kier molecular flexibility index (Phi) is 6.25. The average Bonchev–Trinajstić information content (AvgIpc) is 2.44. The molecule has 1 aromatic rings. The van der Waals surface area contributed by atoms with Crippen molar-refractivity contribution in [3.05, 3.63) is 35.9 Å². The Morgan fingerprint density at radius 2 is 1.75 bits per heavy atom. The Balaban J connectivity index is 2.99.